The first-order valence-electron chi connectivity index (χ1n) is 6.37. The van der Waals surface area contributed by atoms with Crippen molar-refractivity contribution in [2.75, 3.05) is 13.1 Å². The topological polar surface area (TPSA) is 24.1 Å². The highest BCUT2D eigenvalue weighted by Crippen LogP contribution is 2.08. The Morgan fingerprint density at radius 3 is 2.39 bits per heavy atom. The van der Waals surface area contributed by atoms with Gasteiger partial charge in [0, 0.05) is 19.1 Å². The van der Waals surface area contributed by atoms with Gasteiger partial charge in [0.25, 0.3) is 0 Å². The number of rotatable bonds is 7. The average Bonchev–Trinajstić information content (AvgIpc) is 2.30. The van der Waals surface area contributed by atoms with Gasteiger partial charge in [-0.3, -0.25) is 0 Å². The van der Waals surface area contributed by atoms with Crippen molar-refractivity contribution in [1.82, 2.24) is 10.6 Å². The molecule has 0 spiro atoms. The second-order valence-corrected chi connectivity index (χ2v) is 5.08. The van der Waals surface area contributed by atoms with Crippen molar-refractivity contribution in [3.8, 4) is 0 Å². The number of halogens is 2. The molecule has 0 amide bonds. The molecule has 0 bridgehead atoms. The predicted molar refractivity (Wildman–Crippen MR) is 70.4 cm³/mol. The van der Waals surface area contributed by atoms with Crippen LogP contribution in [0.25, 0.3) is 0 Å². The molecule has 2 nitrogen and oxygen atoms in total. The normalized spacial score (nSPS) is 13.0. The van der Waals surface area contributed by atoms with Gasteiger partial charge < -0.3 is 10.6 Å². The quantitative estimate of drug-likeness (QED) is 0.784. The van der Waals surface area contributed by atoms with Crippen molar-refractivity contribution in [2.45, 2.75) is 33.4 Å². The molecule has 0 fully saturated rings. The molecule has 18 heavy (non-hydrogen) atoms. The van der Waals surface area contributed by atoms with E-state index in [0.717, 1.165) is 24.7 Å². The van der Waals surface area contributed by atoms with E-state index < -0.39 is 11.6 Å². The highest BCUT2D eigenvalue weighted by molar-refractivity contribution is 5.17. The van der Waals surface area contributed by atoms with Crippen LogP contribution in [0.15, 0.2) is 18.2 Å². The maximum absolute atomic E-state index is 13.0. The molecule has 102 valence electrons. The Labute approximate surface area is 108 Å². The summed E-state index contributed by atoms with van der Waals surface area (Å²) in [4.78, 5) is 0. The Morgan fingerprint density at radius 2 is 1.78 bits per heavy atom. The predicted octanol–water partition coefficient (Wildman–Crippen LogP) is 2.69. The molecule has 0 aliphatic rings. The first-order chi connectivity index (χ1) is 8.49. The largest absolute Gasteiger partial charge is 0.315 e. The van der Waals surface area contributed by atoms with Crippen LogP contribution in [0.1, 0.15) is 26.3 Å². The minimum atomic E-state index is -0.801. The van der Waals surface area contributed by atoms with E-state index in [1.54, 1.807) is 6.07 Å². The lowest BCUT2D eigenvalue weighted by Gasteiger charge is -2.15. The van der Waals surface area contributed by atoms with E-state index in [-0.39, 0.29) is 6.04 Å². The zero-order chi connectivity index (χ0) is 13.5. The fourth-order valence-corrected chi connectivity index (χ4v) is 1.60. The smallest absolute Gasteiger partial charge is 0.159 e. The average molecular weight is 256 g/mol. The molecule has 4 heteroatoms. The van der Waals surface area contributed by atoms with Gasteiger partial charge in [-0.25, -0.2) is 8.78 Å². The molecule has 1 atom stereocenters. The maximum Gasteiger partial charge on any atom is 0.159 e. The lowest BCUT2D eigenvalue weighted by atomic mass is 10.2. The summed E-state index contributed by atoms with van der Waals surface area (Å²) in [6, 6.07) is 4.28. The van der Waals surface area contributed by atoms with Crippen LogP contribution in [0.5, 0.6) is 0 Å². The Bertz CT molecular complexity index is 367. The third kappa shape index (κ3) is 5.56. The number of hydrogen-bond donors (Lipinski definition) is 2. The summed E-state index contributed by atoms with van der Waals surface area (Å²) in [6.07, 6.45) is 0. The summed E-state index contributed by atoms with van der Waals surface area (Å²) < 4.78 is 25.7. The van der Waals surface area contributed by atoms with Crippen molar-refractivity contribution in [2.24, 2.45) is 5.92 Å². The summed E-state index contributed by atoms with van der Waals surface area (Å²) in [5, 5.41) is 6.61. The van der Waals surface area contributed by atoms with Gasteiger partial charge in [-0.2, -0.15) is 0 Å². The summed E-state index contributed by atoms with van der Waals surface area (Å²) in [5.41, 5.74) is 0.754. The molecule has 1 aromatic carbocycles. The van der Waals surface area contributed by atoms with Gasteiger partial charge >= 0.3 is 0 Å². The summed E-state index contributed by atoms with van der Waals surface area (Å²) >= 11 is 0. The van der Waals surface area contributed by atoms with Crippen LogP contribution < -0.4 is 10.6 Å². The lowest BCUT2D eigenvalue weighted by Crippen LogP contribution is -2.37. The van der Waals surface area contributed by atoms with Crippen LogP contribution >= 0.6 is 0 Å². The minimum absolute atomic E-state index is 0.289. The van der Waals surface area contributed by atoms with Gasteiger partial charge in [0.15, 0.2) is 11.6 Å². The molecule has 0 radical (unpaired) electrons. The number of nitrogens with one attached hydrogen (secondary N) is 2. The maximum atomic E-state index is 13.0. The monoisotopic (exact) mass is 256 g/mol. The molecule has 0 saturated carbocycles. The molecule has 0 saturated heterocycles. The van der Waals surface area contributed by atoms with Crippen molar-refractivity contribution in [1.29, 1.82) is 0 Å². The Morgan fingerprint density at radius 1 is 1.06 bits per heavy atom. The Hall–Kier alpha value is -1.00. The summed E-state index contributed by atoms with van der Waals surface area (Å²) in [6.45, 7) is 8.77. The van der Waals surface area contributed by atoms with E-state index in [4.69, 9.17) is 0 Å². The molecule has 1 unspecified atom stereocenters. The summed E-state index contributed by atoms with van der Waals surface area (Å²) in [7, 11) is 0. The summed E-state index contributed by atoms with van der Waals surface area (Å²) in [5.74, 6) is -0.964. The Kier molecular flexibility index (Phi) is 6.22. The molecular weight excluding hydrogens is 234 g/mol. The molecular formula is C14H22F2N2. The molecule has 0 aromatic heterocycles. The third-order valence-electron chi connectivity index (χ3n) is 2.64. The van der Waals surface area contributed by atoms with E-state index in [1.807, 2.05) is 0 Å². The van der Waals surface area contributed by atoms with Crippen molar-refractivity contribution in [3.05, 3.63) is 35.4 Å². The van der Waals surface area contributed by atoms with Crippen molar-refractivity contribution < 1.29 is 8.78 Å². The molecule has 1 rings (SSSR count). The standard InChI is InChI=1S/C14H22F2N2/c1-10(2)7-17-8-11(3)18-9-12-4-5-13(15)14(16)6-12/h4-6,10-11,17-18H,7-9H2,1-3H3. The molecule has 0 heterocycles. The zero-order valence-corrected chi connectivity index (χ0v) is 11.3. The van der Waals surface area contributed by atoms with Gasteiger partial charge in [-0.1, -0.05) is 19.9 Å². The van der Waals surface area contributed by atoms with E-state index in [9.17, 15) is 8.78 Å². The van der Waals surface area contributed by atoms with E-state index in [2.05, 4.69) is 31.4 Å². The molecule has 0 aliphatic heterocycles. The van der Waals surface area contributed by atoms with Gasteiger partial charge in [0.05, 0.1) is 0 Å². The molecule has 1 aromatic rings. The number of hydrogen-bond acceptors (Lipinski definition) is 2. The second kappa shape index (κ2) is 7.44. The van der Waals surface area contributed by atoms with Crippen LogP contribution in [0.4, 0.5) is 8.78 Å². The van der Waals surface area contributed by atoms with E-state index >= 15 is 0 Å². The van der Waals surface area contributed by atoms with E-state index in [1.165, 1.54) is 6.07 Å². The fourth-order valence-electron chi connectivity index (χ4n) is 1.60. The van der Waals surface area contributed by atoms with Crippen LogP contribution in [-0.4, -0.2) is 19.1 Å². The minimum Gasteiger partial charge on any atom is -0.315 e. The van der Waals surface area contributed by atoms with Crippen LogP contribution in [-0.2, 0) is 6.54 Å². The fraction of sp³-hybridized carbons (Fsp3) is 0.571. The highest BCUT2D eigenvalue weighted by atomic mass is 19.2. The van der Waals surface area contributed by atoms with Gasteiger partial charge in [0.2, 0.25) is 0 Å². The zero-order valence-electron chi connectivity index (χ0n) is 11.3. The molecule has 2 N–H and O–H groups in total. The van der Waals surface area contributed by atoms with Crippen molar-refractivity contribution in [3.63, 3.8) is 0 Å². The highest BCUT2D eigenvalue weighted by Gasteiger charge is 2.05. The van der Waals surface area contributed by atoms with Gasteiger partial charge in [0.1, 0.15) is 0 Å². The SMILES string of the molecule is CC(C)CNCC(C)NCc1ccc(F)c(F)c1. The van der Waals surface area contributed by atoms with Gasteiger partial charge in [-0.15, -0.1) is 0 Å². The first-order valence-corrected chi connectivity index (χ1v) is 6.37. The third-order valence-corrected chi connectivity index (χ3v) is 2.64. The number of benzene rings is 1. The second-order valence-electron chi connectivity index (χ2n) is 5.08. The lowest BCUT2D eigenvalue weighted by molar-refractivity contribution is 0.469. The van der Waals surface area contributed by atoms with Crippen molar-refractivity contribution >= 4 is 0 Å². The van der Waals surface area contributed by atoms with E-state index in [0.29, 0.717) is 12.5 Å². The molecule has 0 aliphatic carbocycles. The first kappa shape index (κ1) is 15.1. The Balaban J connectivity index is 2.29. The van der Waals surface area contributed by atoms with Crippen LogP contribution in [0, 0.1) is 17.6 Å². The van der Waals surface area contributed by atoms with Crippen LogP contribution in [0.3, 0.4) is 0 Å². The van der Waals surface area contributed by atoms with Gasteiger partial charge in [-0.05, 0) is 37.1 Å². The van der Waals surface area contributed by atoms with Crippen LogP contribution in [0.2, 0.25) is 0 Å².